The Morgan fingerprint density at radius 2 is 1.42 bits per heavy atom. The topological polar surface area (TPSA) is 75.3 Å². The third kappa shape index (κ3) is 2.99. The lowest BCUT2D eigenvalue weighted by Gasteiger charge is -2.39. The maximum atomic E-state index is 13.4. The molecule has 2 fully saturated rings. The van der Waals surface area contributed by atoms with Gasteiger partial charge in [0.25, 0.3) is 0 Å². The lowest BCUT2D eigenvalue weighted by molar-refractivity contribution is -0.139. The minimum atomic E-state index is -0.902. The van der Waals surface area contributed by atoms with Crippen LogP contribution in [0.3, 0.4) is 0 Å². The van der Waals surface area contributed by atoms with Gasteiger partial charge in [0, 0.05) is 5.41 Å². The van der Waals surface area contributed by atoms with E-state index in [2.05, 4.69) is 26.8 Å². The van der Waals surface area contributed by atoms with Crippen molar-refractivity contribution in [3.63, 3.8) is 0 Å². The molecular formula is C25H27BrN2O3. The fourth-order valence-corrected chi connectivity index (χ4v) is 7.06. The normalized spacial score (nSPS) is 28.5. The Morgan fingerprint density at radius 1 is 0.903 bits per heavy atom. The molecule has 0 spiro atoms. The van der Waals surface area contributed by atoms with Crippen LogP contribution in [0.4, 0.5) is 0 Å². The number of nitrogens with one attached hydrogen (secondary N) is 2. The first-order valence-electron chi connectivity index (χ1n) is 10.6. The molecule has 2 aromatic carbocycles. The van der Waals surface area contributed by atoms with Crippen LogP contribution >= 0.6 is 15.9 Å². The van der Waals surface area contributed by atoms with Crippen LogP contribution in [0.25, 0.3) is 0 Å². The van der Waals surface area contributed by atoms with E-state index in [1.165, 1.54) is 0 Å². The molecule has 0 heterocycles. The molecule has 162 valence electrons. The molecule has 2 aliphatic rings. The largest absolute Gasteiger partial charge is 0.298 e. The number of ketones is 1. The molecule has 0 saturated heterocycles. The third-order valence-electron chi connectivity index (χ3n) is 7.95. The minimum Gasteiger partial charge on any atom is -0.298 e. The van der Waals surface area contributed by atoms with Crippen molar-refractivity contribution in [3.8, 4) is 0 Å². The molecule has 2 aliphatic carbocycles. The van der Waals surface area contributed by atoms with E-state index in [9.17, 15) is 14.4 Å². The van der Waals surface area contributed by atoms with Gasteiger partial charge in [-0.15, -0.1) is 0 Å². The van der Waals surface area contributed by atoms with E-state index in [0.29, 0.717) is 12.8 Å². The maximum absolute atomic E-state index is 13.4. The molecule has 2 saturated carbocycles. The molecule has 0 radical (unpaired) electrons. The number of alkyl halides is 1. The average molecular weight is 483 g/mol. The summed E-state index contributed by atoms with van der Waals surface area (Å²) in [6, 6.07) is 18.9. The quantitative estimate of drug-likeness (QED) is 0.508. The number of hydrogen-bond acceptors (Lipinski definition) is 3. The molecular weight excluding hydrogens is 456 g/mol. The van der Waals surface area contributed by atoms with E-state index in [-0.39, 0.29) is 17.6 Å². The fourth-order valence-electron chi connectivity index (χ4n) is 5.54. The Morgan fingerprint density at radius 3 is 1.87 bits per heavy atom. The summed E-state index contributed by atoms with van der Waals surface area (Å²) in [4.78, 5) is 39.0. The van der Waals surface area contributed by atoms with E-state index in [1.807, 2.05) is 81.4 Å². The van der Waals surface area contributed by atoms with E-state index in [4.69, 9.17) is 0 Å². The molecule has 0 aliphatic heterocycles. The first kappa shape index (κ1) is 21.8. The van der Waals surface area contributed by atoms with Crippen molar-refractivity contribution in [2.75, 3.05) is 0 Å². The highest BCUT2D eigenvalue weighted by molar-refractivity contribution is 9.10. The summed E-state index contributed by atoms with van der Waals surface area (Å²) in [5, 5.41) is 0. The van der Waals surface area contributed by atoms with Gasteiger partial charge in [-0.05, 0) is 29.4 Å². The first-order chi connectivity index (χ1) is 14.7. The molecule has 3 atom stereocenters. The van der Waals surface area contributed by atoms with Gasteiger partial charge in [-0.25, -0.2) is 0 Å². The van der Waals surface area contributed by atoms with Crippen molar-refractivity contribution < 1.29 is 14.4 Å². The molecule has 2 amide bonds. The number of halogens is 1. The molecule has 0 aromatic heterocycles. The highest BCUT2D eigenvalue weighted by Gasteiger charge is 2.76. The predicted molar refractivity (Wildman–Crippen MR) is 122 cm³/mol. The summed E-state index contributed by atoms with van der Waals surface area (Å²) in [5.41, 5.74) is 5.00. The van der Waals surface area contributed by atoms with Crippen LogP contribution in [0, 0.1) is 16.2 Å². The Labute approximate surface area is 191 Å². The summed E-state index contributed by atoms with van der Waals surface area (Å²) in [7, 11) is 0. The van der Waals surface area contributed by atoms with E-state index < -0.39 is 27.0 Å². The second kappa shape index (κ2) is 7.59. The average Bonchev–Trinajstić information content (AvgIpc) is 3.05. The standard InChI is InChI=1S/C25H27BrN2O3/c1-23(2)24(3)14-15-25(23,19(26)20(24)29)22(31)28-27-21(30)18(16-10-6-4-7-11-16)17-12-8-5-9-13-17/h4-13,18-19H,14-15H2,1-3H3,(H,27,30)(H,28,31). The van der Waals surface area contributed by atoms with Crippen LogP contribution < -0.4 is 10.9 Å². The van der Waals surface area contributed by atoms with Crippen LogP contribution in [0.15, 0.2) is 60.7 Å². The highest BCUT2D eigenvalue weighted by atomic mass is 79.9. The van der Waals surface area contributed by atoms with Crippen molar-refractivity contribution in [1.82, 2.24) is 10.9 Å². The lowest BCUT2D eigenvalue weighted by Crippen LogP contribution is -2.56. The summed E-state index contributed by atoms with van der Waals surface area (Å²) >= 11 is 3.52. The molecule has 3 unspecified atom stereocenters. The molecule has 2 bridgehead atoms. The van der Waals surface area contributed by atoms with Crippen molar-refractivity contribution in [2.45, 2.75) is 44.4 Å². The number of amides is 2. The number of hydrogen-bond donors (Lipinski definition) is 2. The zero-order valence-corrected chi connectivity index (χ0v) is 19.5. The summed E-state index contributed by atoms with van der Waals surface area (Å²) in [6.07, 6.45) is 1.26. The molecule has 6 heteroatoms. The number of carbonyl (C=O) groups is 3. The number of Topliss-reactive ketones (excluding diaryl/α,β-unsaturated/α-hetero) is 1. The third-order valence-corrected chi connectivity index (χ3v) is 9.15. The number of carbonyl (C=O) groups excluding carboxylic acids is 3. The SMILES string of the molecule is CC12CCC(C(=O)NNC(=O)C(c3ccccc3)c3ccccc3)(C(Br)C1=O)C2(C)C. The van der Waals surface area contributed by atoms with Gasteiger partial charge in [-0.2, -0.15) is 0 Å². The molecule has 31 heavy (non-hydrogen) atoms. The molecule has 5 nitrogen and oxygen atoms in total. The Hall–Kier alpha value is -2.47. The van der Waals surface area contributed by atoms with E-state index >= 15 is 0 Å². The summed E-state index contributed by atoms with van der Waals surface area (Å²) < 4.78 is 0. The second-order valence-electron chi connectivity index (χ2n) is 9.35. The van der Waals surface area contributed by atoms with Gasteiger partial charge in [-0.1, -0.05) is 97.4 Å². The first-order valence-corrected chi connectivity index (χ1v) is 11.5. The van der Waals surface area contributed by atoms with E-state index in [0.717, 1.165) is 11.1 Å². The van der Waals surface area contributed by atoms with Crippen molar-refractivity contribution in [1.29, 1.82) is 0 Å². The number of benzene rings is 2. The summed E-state index contributed by atoms with van der Waals surface area (Å²) in [5.74, 6) is -1.14. The molecule has 2 N–H and O–H groups in total. The van der Waals surface area contributed by atoms with Crippen molar-refractivity contribution >= 4 is 33.5 Å². The van der Waals surface area contributed by atoms with Gasteiger partial charge in [0.1, 0.15) is 0 Å². The molecule has 4 rings (SSSR count). The zero-order valence-electron chi connectivity index (χ0n) is 17.9. The van der Waals surface area contributed by atoms with Crippen LogP contribution in [0.2, 0.25) is 0 Å². The Balaban J connectivity index is 1.58. The van der Waals surface area contributed by atoms with Crippen LogP contribution in [-0.2, 0) is 14.4 Å². The summed E-state index contributed by atoms with van der Waals surface area (Å²) in [6.45, 7) is 5.92. The van der Waals surface area contributed by atoms with E-state index in [1.54, 1.807) is 0 Å². The van der Waals surface area contributed by atoms with Gasteiger partial charge in [0.15, 0.2) is 5.78 Å². The Bertz CT molecular complexity index is 984. The van der Waals surface area contributed by atoms with Gasteiger partial charge in [0.05, 0.1) is 16.2 Å². The monoisotopic (exact) mass is 482 g/mol. The van der Waals surface area contributed by atoms with Gasteiger partial charge in [-0.3, -0.25) is 25.2 Å². The maximum Gasteiger partial charge on any atom is 0.250 e. The van der Waals surface area contributed by atoms with Gasteiger partial charge >= 0.3 is 0 Å². The smallest absolute Gasteiger partial charge is 0.250 e. The van der Waals surface area contributed by atoms with Gasteiger partial charge < -0.3 is 0 Å². The number of fused-ring (bicyclic) bond motifs is 2. The van der Waals surface area contributed by atoms with Crippen LogP contribution in [-0.4, -0.2) is 22.4 Å². The number of hydrazine groups is 1. The molecule has 2 aromatic rings. The lowest BCUT2D eigenvalue weighted by atomic mass is 9.64. The zero-order chi connectivity index (χ0) is 22.4. The highest BCUT2D eigenvalue weighted by Crippen LogP contribution is 2.72. The Kier molecular flexibility index (Phi) is 5.32. The predicted octanol–water partition coefficient (Wildman–Crippen LogP) is 4.12. The number of rotatable bonds is 4. The fraction of sp³-hybridized carbons (Fsp3) is 0.400. The minimum absolute atomic E-state index is 0.0664. The van der Waals surface area contributed by atoms with Gasteiger partial charge in [0.2, 0.25) is 11.8 Å². The van der Waals surface area contributed by atoms with Crippen LogP contribution in [0.1, 0.15) is 50.7 Å². The van der Waals surface area contributed by atoms with Crippen LogP contribution in [0.5, 0.6) is 0 Å². The second-order valence-corrected chi connectivity index (χ2v) is 10.3. The van der Waals surface area contributed by atoms with Crippen molar-refractivity contribution in [3.05, 3.63) is 71.8 Å². The van der Waals surface area contributed by atoms with Crippen molar-refractivity contribution in [2.24, 2.45) is 16.2 Å².